The Morgan fingerprint density at radius 2 is 1.69 bits per heavy atom. The van der Waals surface area contributed by atoms with E-state index in [4.69, 9.17) is 44.1 Å². The van der Waals surface area contributed by atoms with Crippen molar-refractivity contribution in [3.05, 3.63) is 103 Å². The Kier molecular flexibility index (Phi) is 6.86. The lowest BCUT2D eigenvalue weighted by atomic mass is 9.96. The predicted octanol–water partition coefficient (Wildman–Crippen LogP) is 9.34. The van der Waals surface area contributed by atoms with Gasteiger partial charge in [-0.05, 0) is 91.5 Å². The molecule has 8 heteroatoms. The molecular weight excluding hydrogens is 557 g/mol. The molecule has 2 aliphatic rings. The van der Waals surface area contributed by atoms with Gasteiger partial charge in [-0.15, -0.1) is 0 Å². The second kappa shape index (κ2) is 10.2. The fourth-order valence-corrected chi connectivity index (χ4v) is 6.44. The van der Waals surface area contributed by atoms with E-state index >= 15 is 0 Å². The number of hydrogen-bond acceptors (Lipinski definition) is 4. The van der Waals surface area contributed by atoms with Crippen molar-refractivity contribution in [2.75, 3.05) is 0 Å². The Bertz CT molecular complexity index is 1560. The quantitative estimate of drug-likeness (QED) is 0.224. The number of carbonyl (C=O) groups is 1. The van der Waals surface area contributed by atoms with Crippen molar-refractivity contribution in [3.63, 3.8) is 0 Å². The van der Waals surface area contributed by atoms with E-state index in [0.717, 1.165) is 52.8 Å². The van der Waals surface area contributed by atoms with Crippen LogP contribution in [0.25, 0.3) is 11.3 Å². The molecule has 1 N–H and O–H groups in total. The molecule has 5 nitrogen and oxygen atoms in total. The first-order chi connectivity index (χ1) is 18.7. The first kappa shape index (κ1) is 26.2. The maximum Gasteiger partial charge on any atom is 0.336 e. The van der Waals surface area contributed by atoms with Gasteiger partial charge in [0.2, 0.25) is 0 Å². The monoisotopic (exact) mass is 581 g/mol. The number of nitrogens with zero attached hydrogens (tertiary/aromatic N) is 1. The van der Waals surface area contributed by atoms with Gasteiger partial charge in [0.25, 0.3) is 0 Å². The summed E-state index contributed by atoms with van der Waals surface area (Å²) in [5.41, 5.74) is 6.28. The average molecular weight is 583 g/mol. The molecule has 0 radical (unpaired) electrons. The van der Waals surface area contributed by atoms with Gasteiger partial charge in [-0.1, -0.05) is 64.2 Å². The van der Waals surface area contributed by atoms with Crippen LogP contribution in [-0.2, 0) is 6.61 Å². The number of aryl methyl sites for hydroxylation is 2. The summed E-state index contributed by atoms with van der Waals surface area (Å²) in [5, 5.41) is 15.5. The van der Waals surface area contributed by atoms with Crippen molar-refractivity contribution in [3.8, 4) is 17.0 Å². The Balaban J connectivity index is 1.21. The fraction of sp³-hybridized carbons (Fsp3) is 0.290. The van der Waals surface area contributed by atoms with Gasteiger partial charge < -0.3 is 14.4 Å². The number of aromatic nitrogens is 1. The molecule has 3 aromatic carbocycles. The molecule has 2 saturated carbocycles. The second-order valence-electron chi connectivity index (χ2n) is 10.5. The van der Waals surface area contributed by atoms with Crippen LogP contribution in [0.3, 0.4) is 0 Å². The van der Waals surface area contributed by atoms with Gasteiger partial charge in [0.05, 0.1) is 21.2 Å². The number of carboxylic acid groups (broad SMARTS) is 1. The molecule has 39 heavy (non-hydrogen) atoms. The van der Waals surface area contributed by atoms with E-state index in [-0.39, 0.29) is 12.5 Å². The van der Waals surface area contributed by atoms with Crippen molar-refractivity contribution in [2.45, 2.75) is 57.5 Å². The Morgan fingerprint density at radius 3 is 2.31 bits per heavy atom. The standard InChI is InChI=1S/C31H26Cl3NO4/c1-15-10-18(11-16(2)27(15)31(36)37)21-13-22(21)20-9-8-19(12-26(20)34)38-14-23-29(35-39-30(23)17-6-7-17)28-24(32)4-3-5-25(28)33/h3-5,8-12,17,21-22H,6-7,13-14H2,1-2H3,(H,36,37). The molecule has 0 aliphatic heterocycles. The number of hydrogen-bond donors (Lipinski definition) is 1. The lowest BCUT2D eigenvalue weighted by Crippen LogP contribution is -2.04. The zero-order valence-corrected chi connectivity index (χ0v) is 23.7. The van der Waals surface area contributed by atoms with Crippen LogP contribution in [0.4, 0.5) is 0 Å². The number of halogens is 3. The molecule has 0 spiro atoms. The molecule has 2 fully saturated rings. The van der Waals surface area contributed by atoms with Crippen molar-refractivity contribution in [1.29, 1.82) is 0 Å². The highest BCUT2D eigenvalue weighted by molar-refractivity contribution is 6.39. The minimum absolute atomic E-state index is 0.252. The van der Waals surface area contributed by atoms with Gasteiger partial charge in [-0.2, -0.15) is 0 Å². The third-order valence-corrected chi connectivity index (χ3v) is 8.67. The van der Waals surface area contributed by atoms with E-state index in [1.54, 1.807) is 18.2 Å². The summed E-state index contributed by atoms with van der Waals surface area (Å²) in [6.45, 7) is 3.96. The fourth-order valence-electron chi connectivity index (χ4n) is 5.56. The SMILES string of the molecule is Cc1cc(C2CC2c2ccc(OCc3c(-c4c(Cl)cccc4Cl)noc3C3CC3)cc2Cl)cc(C)c1C(=O)O. The second-order valence-corrected chi connectivity index (χ2v) is 11.7. The van der Waals surface area contributed by atoms with Crippen LogP contribution in [0.15, 0.2) is 53.1 Å². The van der Waals surface area contributed by atoms with Crippen molar-refractivity contribution >= 4 is 40.8 Å². The maximum atomic E-state index is 11.6. The summed E-state index contributed by atoms with van der Waals surface area (Å²) in [7, 11) is 0. The van der Waals surface area contributed by atoms with Crippen LogP contribution in [0.1, 0.15) is 81.0 Å². The summed E-state index contributed by atoms with van der Waals surface area (Å²) in [6, 6.07) is 15.2. The van der Waals surface area contributed by atoms with E-state index in [9.17, 15) is 9.90 Å². The first-order valence-electron chi connectivity index (χ1n) is 12.9. The normalized spacial score (nSPS) is 18.3. The zero-order valence-electron chi connectivity index (χ0n) is 21.4. The zero-order chi connectivity index (χ0) is 27.4. The molecule has 1 heterocycles. The Labute approximate surface area is 241 Å². The van der Waals surface area contributed by atoms with E-state index in [0.29, 0.717) is 49.5 Å². The third-order valence-electron chi connectivity index (χ3n) is 7.71. The third kappa shape index (κ3) is 5.04. The summed E-state index contributed by atoms with van der Waals surface area (Å²) < 4.78 is 11.9. The molecule has 6 rings (SSSR count). The number of benzene rings is 3. The summed E-state index contributed by atoms with van der Waals surface area (Å²) in [6.07, 6.45) is 3.08. The smallest absolute Gasteiger partial charge is 0.336 e. The predicted molar refractivity (Wildman–Crippen MR) is 153 cm³/mol. The van der Waals surface area contributed by atoms with E-state index in [1.807, 2.05) is 44.2 Å². The molecular formula is C31H26Cl3NO4. The summed E-state index contributed by atoms with van der Waals surface area (Å²) in [5.74, 6) is 1.52. The molecule has 2 atom stereocenters. The molecule has 0 bridgehead atoms. The van der Waals surface area contributed by atoms with Gasteiger partial charge in [0.15, 0.2) is 0 Å². The summed E-state index contributed by atoms with van der Waals surface area (Å²) >= 11 is 19.7. The van der Waals surface area contributed by atoms with Gasteiger partial charge in [-0.3, -0.25) is 0 Å². The molecule has 0 amide bonds. The van der Waals surface area contributed by atoms with Crippen molar-refractivity contribution < 1.29 is 19.2 Å². The molecule has 2 unspecified atom stereocenters. The molecule has 4 aromatic rings. The lowest BCUT2D eigenvalue weighted by Gasteiger charge is -2.12. The highest BCUT2D eigenvalue weighted by Gasteiger charge is 2.41. The van der Waals surface area contributed by atoms with E-state index < -0.39 is 5.97 Å². The van der Waals surface area contributed by atoms with E-state index in [2.05, 4.69) is 5.16 Å². The van der Waals surface area contributed by atoms with E-state index in [1.165, 1.54) is 0 Å². The molecule has 0 saturated heterocycles. The van der Waals surface area contributed by atoms with Crippen LogP contribution >= 0.6 is 34.8 Å². The highest BCUT2D eigenvalue weighted by atomic mass is 35.5. The lowest BCUT2D eigenvalue weighted by molar-refractivity contribution is 0.0695. The highest BCUT2D eigenvalue weighted by Crippen LogP contribution is 2.57. The van der Waals surface area contributed by atoms with Crippen LogP contribution in [0.5, 0.6) is 5.75 Å². The average Bonchev–Trinajstić information content (AvgIpc) is 3.80. The van der Waals surface area contributed by atoms with Crippen LogP contribution in [-0.4, -0.2) is 16.2 Å². The van der Waals surface area contributed by atoms with Crippen LogP contribution in [0.2, 0.25) is 15.1 Å². The van der Waals surface area contributed by atoms with Crippen molar-refractivity contribution in [1.82, 2.24) is 5.16 Å². The summed E-state index contributed by atoms with van der Waals surface area (Å²) in [4.78, 5) is 11.6. The molecule has 200 valence electrons. The Hall–Kier alpha value is -2.99. The van der Waals surface area contributed by atoms with Gasteiger partial charge in [0.1, 0.15) is 23.8 Å². The van der Waals surface area contributed by atoms with Gasteiger partial charge in [0, 0.05) is 16.5 Å². The van der Waals surface area contributed by atoms with Crippen molar-refractivity contribution in [2.24, 2.45) is 0 Å². The Morgan fingerprint density at radius 1 is 1.00 bits per heavy atom. The van der Waals surface area contributed by atoms with Crippen LogP contribution in [0, 0.1) is 13.8 Å². The maximum absolute atomic E-state index is 11.6. The number of carboxylic acids is 1. The largest absolute Gasteiger partial charge is 0.489 e. The van der Waals surface area contributed by atoms with Gasteiger partial charge >= 0.3 is 5.97 Å². The molecule has 1 aromatic heterocycles. The van der Waals surface area contributed by atoms with Crippen LogP contribution < -0.4 is 4.74 Å². The minimum atomic E-state index is -0.889. The number of ether oxygens (including phenoxy) is 1. The minimum Gasteiger partial charge on any atom is -0.489 e. The first-order valence-corrected chi connectivity index (χ1v) is 14.1. The number of aromatic carboxylic acids is 1. The topological polar surface area (TPSA) is 72.6 Å². The number of rotatable bonds is 8. The van der Waals surface area contributed by atoms with Gasteiger partial charge in [-0.25, -0.2) is 4.79 Å². The molecule has 2 aliphatic carbocycles.